The van der Waals surface area contributed by atoms with Gasteiger partial charge < -0.3 is 18.9 Å². The van der Waals surface area contributed by atoms with Crippen LogP contribution in [0.25, 0.3) is 0 Å². The van der Waals surface area contributed by atoms with Crippen molar-refractivity contribution in [2.45, 2.75) is 40.3 Å². The summed E-state index contributed by atoms with van der Waals surface area (Å²) in [6, 6.07) is 15.4. The van der Waals surface area contributed by atoms with Crippen LogP contribution in [-0.2, 0) is 24.4 Å². The molecule has 0 aliphatic heterocycles. The Kier molecular flexibility index (Phi) is 7.12. The van der Waals surface area contributed by atoms with Gasteiger partial charge in [0.25, 0.3) is 0 Å². The van der Waals surface area contributed by atoms with E-state index in [0.717, 1.165) is 39.6 Å². The summed E-state index contributed by atoms with van der Waals surface area (Å²) in [5.74, 6) is 2.42. The second kappa shape index (κ2) is 9.96. The van der Waals surface area contributed by atoms with Gasteiger partial charge in [0.1, 0.15) is 23.9 Å². The number of aryl methyl sites for hydroxylation is 2. The van der Waals surface area contributed by atoms with Crippen LogP contribution in [0.2, 0.25) is 0 Å². The van der Waals surface area contributed by atoms with Crippen molar-refractivity contribution in [1.29, 1.82) is 0 Å². The fraction of sp³-hybridized carbons (Fsp3) is 0.333. The Hall–Kier alpha value is -3.28. The first-order valence-electron chi connectivity index (χ1n) is 10.1. The number of aromatic nitrogens is 1. The highest BCUT2D eigenvalue weighted by Crippen LogP contribution is 2.19. The van der Waals surface area contributed by atoms with Gasteiger partial charge in [0.15, 0.2) is 0 Å². The molecule has 158 valence electrons. The van der Waals surface area contributed by atoms with Gasteiger partial charge in [-0.25, -0.2) is 0 Å². The number of benzene rings is 2. The van der Waals surface area contributed by atoms with Gasteiger partial charge in [-0.2, -0.15) is 0 Å². The summed E-state index contributed by atoms with van der Waals surface area (Å²) in [7, 11) is 1.82. The summed E-state index contributed by atoms with van der Waals surface area (Å²) in [4.78, 5) is 14.3. The van der Waals surface area contributed by atoms with E-state index < -0.39 is 0 Å². The molecule has 1 heterocycles. The summed E-state index contributed by atoms with van der Waals surface area (Å²) in [6.45, 7) is 7.33. The molecule has 0 radical (unpaired) electrons. The van der Waals surface area contributed by atoms with Crippen molar-refractivity contribution in [3.63, 3.8) is 0 Å². The smallest absolute Gasteiger partial charge is 0.227 e. The molecule has 0 bridgehead atoms. The van der Waals surface area contributed by atoms with Crippen LogP contribution in [0.1, 0.15) is 35.1 Å². The molecule has 0 aliphatic rings. The molecule has 3 aromatic rings. The largest absolute Gasteiger partial charge is 0.494 e. The average molecular weight is 408 g/mol. The first kappa shape index (κ1) is 21.4. The molecule has 0 N–H and O–H groups in total. The number of likely N-dealkylation sites (N-methyl/N-ethyl adjacent to an activating group) is 1. The third kappa shape index (κ3) is 5.63. The normalized spacial score (nSPS) is 10.7. The fourth-order valence-corrected chi connectivity index (χ4v) is 3.10. The lowest BCUT2D eigenvalue weighted by atomic mass is 10.1. The van der Waals surface area contributed by atoms with E-state index in [0.29, 0.717) is 26.2 Å². The number of ether oxygens (including phenoxy) is 2. The van der Waals surface area contributed by atoms with E-state index in [-0.39, 0.29) is 5.91 Å². The van der Waals surface area contributed by atoms with Gasteiger partial charge in [0.2, 0.25) is 5.91 Å². The molecule has 0 aliphatic carbocycles. The Balaban J connectivity index is 1.50. The Labute approximate surface area is 177 Å². The van der Waals surface area contributed by atoms with Crippen LogP contribution in [0, 0.1) is 13.8 Å². The highest BCUT2D eigenvalue weighted by atomic mass is 16.5. The van der Waals surface area contributed by atoms with Crippen molar-refractivity contribution in [2.75, 3.05) is 13.7 Å². The van der Waals surface area contributed by atoms with E-state index in [4.69, 9.17) is 14.0 Å². The number of carbonyl (C=O) groups excluding carboxylic acids is 1. The molecule has 1 amide bonds. The maximum atomic E-state index is 12.6. The third-order valence-corrected chi connectivity index (χ3v) is 4.92. The lowest BCUT2D eigenvalue weighted by Gasteiger charge is -2.18. The lowest BCUT2D eigenvalue weighted by molar-refractivity contribution is -0.129. The second-order valence-corrected chi connectivity index (χ2v) is 7.24. The Morgan fingerprint density at radius 2 is 1.57 bits per heavy atom. The zero-order chi connectivity index (χ0) is 21.5. The van der Waals surface area contributed by atoms with Crippen LogP contribution in [0.3, 0.4) is 0 Å². The molecule has 2 aromatic carbocycles. The summed E-state index contributed by atoms with van der Waals surface area (Å²) in [5, 5.41) is 3.93. The molecule has 1 aromatic heterocycles. The zero-order valence-electron chi connectivity index (χ0n) is 18.0. The number of hydrogen-bond donors (Lipinski definition) is 0. The summed E-state index contributed by atoms with van der Waals surface area (Å²) < 4.78 is 16.4. The maximum Gasteiger partial charge on any atom is 0.227 e. The van der Waals surface area contributed by atoms with Crippen LogP contribution in [-0.4, -0.2) is 29.6 Å². The SMILES string of the molecule is CCOc1ccc(CN(C)C(=O)Cc2ccc(OCc3c(C)noc3C)cc2)cc1. The van der Waals surface area contributed by atoms with Crippen molar-refractivity contribution in [3.05, 3.63) is 76.7 Å². The predicted octanol–water partition coefficient (Wildman–Crippen LogP) is 4.47. The Morgan fingerprint density at radius 1 is 0.967 bits per heavy atom. The minimum Gasteiger partial charge on any atom is -0.494 e. The van der Waals surface area contributed by atoms with Crippen molar-refractivity contribution in [3.8, 4) is 11.5 Å². The van der Waals surface area contributed by atoms with Crippen molar-refractivity contribution in [2.24, 2.45) is 0 Å². The molecule has 0 fully saturated rings. The Morgan fingerprint density at radius 3 is 2.13 bits per heavy atom. The lowest BCUT2D eigenvalue weighted by Crippen LogP contribution is -2.27. The maximum absolute atomic E-state index is 12.6. The topological polar surface area (TPSA) is 64.8 Å². The second-order valence-electron chi connectivity index (χ2n) is 7.24. The molecule has 3 rings (SSSR count). The summed E-state index contributed by atoms with van der Waals surface area (Å²) in [5.41, 5.74) is 3.82. The van der Waals surface area contributed by atoms with Crippen LogP contribution in [0.15, 0.2) is 53.1 Å². The Bertz CT molecular complexity index is 942. The molecule has 30 heavy (non-hydrogen) atoms. The van der Waals surface area contributed by atoms with Crippen molar-refractivity contribution < 1.29 is 18.8 Å². The van der Waals surface area contributed by atoms with Crippen LogP contribution in [0.4, 0.5) is 0 Å². The number of hydrogen-bond acceptors (Lipinski definition) is 5. The van der Waals surface area contributed by atoms with Gasteiger partial charge in [-0.05, 0) is 56.2 Å². The molecule has 6 heteroatoms. The van der Waals surface area contributed by atoms with Crippen molar-refractivity contribution >= 4 is 5.91 Å². The van der Waals surface area contributed by atoms with Gasteiger partial charge in [-0.15, -0.1) is 0 Å². The third-order valence-electron chi connectivity index (χ3n) is 4.92. The minimum absolute atomic E-state index is 0.0632. The molecule has 0 spiro atoms. The van der Waals surface area contributed by atoms with Crippen molar-refractivity contribution in [1.82, 2.24) is 10.1 Å². The number of carbonyl (C=O) groups is 1. The quantitative estimate of drug-likeness (QED) is 0.523. The van der Waals surface area contributed by atoms with Gasteiger partial charge in [-0.1, -0.05) is 29.4 Å². The van der Waals surface area contributed by atoms with Gasteiger partial charge in [0, 0.05) is 13.6 Å². The number of nitrogens with zero attached hydrogens (tertiary/aromatic N) is 2. The monoisotopic (exact) mass is 408 g/mol. The van der Waals surface area contributed by atoms with Crippen LogP contribution >= 0.6 is 0 Å². The average Bonchev–Trinajstić information content (AvgIpc) is 3.06. The highest BCUT2D eigenvalue weighted by molar-refractivity contribution is 5.78. The molecule has 0 atom stereocenters. The van der Waals surface area contributed by atoms with Gasteiger partial charge >= 0.3 is 0 Å². The van der Waals surface area contributed by atoms with E-state index in [1.165, 1.54) is 0 Å². The molecular weight excluding hydrogens is 380 g/mol. The van der Waals surface area contributed by atoms with Crippen LogP contribution in [0.5, 0.6) is 11.5 Å². The molecule has 0 saturated heterocycles. The first-order valence-corrected chi connectivity index (χ1v) is 10.1. The molecule has 6 nitrogen and oxygen atoms in total. The molecule has 0 unspecified atom stereocenters. The standard InChI is InChI=1S/C24H28N2O4/c1-5-28-21-12-8-20(9-13-21)15-26(4)24(27)14-19-6-10-22(11-7-19)29-16-23-17(2)25-30-18(23)3/h6-13H,5,14-16H2,1-4H3. The number of rotatable bonds is 9. The summed E-state index contributed by atoms with van der Waals surface area (Å²) in [6.07, 6.45) is 0.345. The number of amides is 1. The van der Waals surface area contributed by atoms with Crippen LogP contribution < -0.4 is 9.47 Å². The molecular formula is C24H28N2O4. The van der Waals surface area contributed by atoms with Gasteiger partial charge in [0.05, 0.1) is 24.3 Å². The van der Waals surface area contributed by atoms with E-state index in [1.54, 1.807) is 4.90 Å². The zero-order valence-corrected chi connectivity index (χ0v) is 18.0. The highest BCUT2D eigenvalue weighted by Gasteiger charge is 2.12. The first-order chi connectivity index (χ1) is 14.5. The van der Waals surface area contributed by atoms with Gasteiger partial charge in [-0.3, -0.25) is 4.79 Å². The predicted molar refractivity (Wildman–Crippen MR) is 115 cm³/mol. The van der Waals surface area contributed by atoms with E-state index in [9.17, 15) is 4.79 Å². The minimum atomic E-state index is 0.0632. The summed E-state index contributed by atoms with van der Waals surface area (Å²) >= 11 is 0. The molecule has 0 saturated carbocycles. The fourth-order valence-electron chi connectivity index (χ4n) is 3.10. The van der Waals surface area contributed by atoms with E-state index in [2.05, 4.69) is 5.16 Å². The van der Waals surface area contributed by atoms with E-state index in [1.807, 2.05) is 76.3 Å². The van der Waals surface area contributed by atoms with E-state index >= 15 is 0 Å².